The van der Waals surface area contributed by atoms with Crippen molar-refractivity contribution in [2.45, 2.75) is 18.9 Å². The van der Waals surface area contributed by atoms with E-state index in [0.717, 1.165) is 6.07 Å². The molecule has 1 fully saturated rings. The van der Waals surface area contributed by atoms with E-state index in [9.17, 15) is 13.4 Å². The molecule has 0 radical (unpaired) electrons. The fourth-order valence-corrected chi connectivity index (χ4v) is 3.19. The van der Waals surface area contributed by atoms with Gasteiger partial charge in [0.15, 0.2) is 0 Å². The minimum absolute atomic E-state index is 0.0524. The normalized spacial score (nSPS) is 23.6. The van der Waals surface area contributed by atoms with Gasteiger partial charge in [-0.05, 0) is 25.0 Å². The molecule has 1 saturated heterocycles. The standard InChI is InChI=1S/C12H14FNO3S/c13-11-7-9(15)1-2-10(11)12(16)14-8-3-5-18(17)6-4-8/h1-2,7-8,15H,3-6H2,(H,14,16). The second-order valence-electron chi connectivity index (χ2n) is 4.26. The van der Waals surface area contributed by atoms with E-state index in [-0.39, 0.29) is 17.4 Å². The molecule has 4 nitrogen and oxygen atoms in total. The minimum atomic E-state index is -0.786. The van der Waals surface area contributed by atoms with Crippen LogP contribution in [0.3, 0.4) is 0 Å². The Balaban J connectivity index is 2.01. The van der Waals surface area contributed by atoms with E-state index in [1.165, 1.54) is 12.1 Å². The number of amides is 1. The summed E-state index contributed by atoms with van der Waals surface area (Å²) in [4.78, 5) is 11.8. The van der Waals surface area contributed by atoms with Crippen molar-refractivity contribution in [3.63, 3.8) is 0 Å². The van der Waals surface area contributed by atoms with Gasteiger partial charge in [-0.15, -0.1) is 0 Å². The molecule has 0 aliphatic carbocycles. The first-order valence-electron chi connectivity index (χ1n) is 5.70. The maximum atomic E-state index is 13.4. The summed E-state index contributed by atoms with van der Waals surface area (Å²) in [5.74, 6) is -0.305. The lowest BCUT2D eigenvalue weighted by molar-refractivity contribution is 0.0930. The monoisotopic (exact) mass is 271 g/mol. The average molecular weight is 271 g/mol. The lowest BCUT2D eigenvalue weighted by Crippen LogP contribution is -2.39. The number of carbonyl (C=O) groups excluding carboxylic acids is 1. The fourth-order valence-electron chi connectivity index (χ4n) is 1.89. The van der Waals surface area contributed by atoms with Crippen LogP contribution in [0.5, 0.6) is 5.75 Å². The third-order valence-corrected chi connectivity index (χ3v) is 4.30. The van der Waals surface area contributed by atoms with Gasteiger partial charge in [0.2, 0.25) is 0 Å². The van der Waals surface area contributed by atoms with Crippen molar-refractivity contribution in [1.82, 2.24) is 5.32 Å². The molecule has 1 aliphatic rings. The SMILES string of the molecule is O=C(NC1CCS(=O)CC1)c1ccc(O)cc1F. The number of halogens is 1. The Morgan fingerprint density at radius 3 is 2.67 bits per heavy atom. The molecule has 0 spiro atoms. The van der Waals surface area contributed by atoms with Gasteiger partial charge >= 0.3 is 0 Å². The summed E-state index contributed by atoms with van der Waals surface area (Å²) in [7, 11) is -0.786. The van der Waals surface area contributed by atoms with Crippen molar-refractivity contribution in [3.05, 3.63) is 29.6 Å². The summed E-state index contributed by atoms with van der Waals surface area (Å²) in [5.41, 5.74) is -0.0838. The second-order valence-corrected chi connectivity index (χ2v) is 5.96. The van der Waals surface area contributed by atoms with Crippen LogP contribution < -0.4 is 5.32 Å². The molecule has 6 heteroatoms. The molecular formula is C12H14FNO3S. The smallest absolute Gasteiger partial charge is 0.254 e. The topological polar surface area (TPSA) is 66.4 Å². The quantitative estimate of drug-likeness (QED) is 0.848. The predicted octanol–water partition coefficient (Wildman–Crippen LogP) is 1.17. The first-order valence-corrected chi connectivity index (χ1v) is 7.19. The number of hydrogen-bond donors (Lipinski definition) is 2. The van der Waals surface area contributed by atoms with Crippen molar-refractivity contribution in [2.75, 3.05) is 11.5 Å². The Morgan fingerprint density at radius 1 is 1.39 bits per heavy atom. The number of benzene rings is 1. The Morgan fingerprint density at radius 2 is 2.06 bits per heavy atom. The number of nitrogens with one attached hydrogen (secondary N) is 1. The molecule has 0 saturated carbocycles. The van der Waals surface area contributed by atoms with Gasteiger partial charge in [-0.25, -0.2) is 4.39 Å². The Labute approximate surface area is 107 Å². The van der Waals surface area contributed by atoms with Gasteiger partial charge in [-0.1, -0.05) is 0 Å². The maximum Gasteiger partial charge on any atom is 0.254 e. The van der Waals surface area contributed by atoms with E-state index in [1.807, 2.05) is 0 Å². The zero-order chi connectivity index (χ0) is 13.1. The number of carbonyl (C=O) groups is 1. The average Bonchev–Trinajstić information content (AvgIpc) is 2.32. The van der Waals surface area contributed by atoms with E-state index >= 15 is 0 Å². The maximum absolute atomic E-state index is 13.4. The van der Waals surface area contributed by atoms with Crippen LogP contribution in [0.1, 0.15) is 23.2 Å². The highest BCUT2D eigenvalue weighted by atomic mass is 32.2. The van der Waals surface area contributed by atoms with Crippen LogP contribution in [-0.2, 0) is 10.8 Å². The van der Waals surface area contributed by atoms with Gasteiger partial charge < -0.3 is 10.4 Å². The van der Waals surface area contributed by atoms with E-state index in [0.29, 0.717) is 24.3 Å². The molecule has 1 aromatic carbocycles. The zero-order valence-corrected chi connectivity index (χ0v) is 10.5. The van der Waals surface area contributed by atoms with Gasteiger partial charge in [0.25, 0.3) is 5.91 Å². The fraction of sp³-hybridized carbons (Fsp3) is 0.417. The third kappa shape index (κ3) is 3.07. The molecule has 0 aromatic heterocycles. The summed E-state index contributed by atoms with van der Waals surface area (Å²) < 4.78 is 24.6. The molecule has 0 bridgehead atoms. The van der Waals surface area contributed by atoms with Gasteiger partial charge in [0, 0.05) is 34.4 Å². The van der Waals surface area contributed by atoms with Crippen molar-refractivity contribution >= 4 is 16.7 Å². The van der Waals surface area contributed by atoms with Crippen LogP contribution >= 0.6 is 0 Å². The molecule has 1 amide bonds. The molecule has 1 heterocycles. The molecule has 2 N–H and O–H groups in total. The van der Waals surface area contributed by atoms with E-state index in [1.54, 1.807) is 0 Å². The van der Waals surface area contributed by atoms with Crippen molar-refractivity contribution in [3.8, 4) is 5.75 Å². The van der Waals surface area contributed by atoms with Crippen LogP contribution in [-0.4, -0.2) is 32.8 Å². The summed E-state index contributed by atoms with van der Waals surface area (Å²) in [6.45, 7) is 0. The molecule has 1 aliphatic heterocycles. The number of aromatic hydroxyl groups is 1. The highest BCUT2D eigenvalue weighted by molar-refractivity contribution is 7.85. The number of rotatable bonds is 2. The summed E-state index contributed by atoms with van der Waals surface area (Å²) >= 11 is 0. The number of phenolic OH excluding ortho intramolecular Hbond substituents is 1. The van der Waals surface area contributed by atoms with Crippen LogP contribution in [0.4, 0.5) is 4.39 Å². The van der Waals surface area contributed by atoms with Crippen LogP contribution in [0.2, 0.25) is 0 Å². The summed E-state index contributed by atoms with van der Waals surface area (Å²) in [5, 5.41) is 11.8. The molecule has 18 heavy (non-hydrogen) atoms. The predicted molar refractivity (Wildman–Crippen MR) is 66.4 cm³/mol. The first kappa shape index (κ1) is 13.0. The van der Waals surface area contributed by atoms with Gasteiger partial charge in [0.1, 0.15) is 11.6 Å². The number of hydrogen-bond acceptors (Lipinski definition) is 3. The number of phenols is 1. The van der Waals surface area contributed by atoms with Crippen molar-refractivity contribution in [1.29, 1.82) is 0 Å². The Hall–Kier alpha value is -1.43. The van der Waals surface area contributed by atoms with E-state index in [4.69, 9.17) is 5.11 Å². The van der Waals surface area contributed by atoms with Crippen LogP contribution in [0.15, 0.2) is 18.2 Å². The molecule has 2 rings (SSSR count). The van der Waals surface area contributed by atoms with Gasteiger partial charge in [-0.3, -0.25) is 9.00 Å². The Kier molecular flexibility index (Phi) is 3.96. The minimum Gasteiger partial charge on any atom is -0.508 e. The van der Waals surface area contributed by atoms with Gasteiger partial charge in [-0.2, -0.15) is 0 Å². The molecular weight excluding hydrogens is 257 g/mol. The molecule has 0 unspecified atom stereocenters. The van der Waals surface area contributed by atoms with Crippen LogP contribution in [0, 0.1) is 5.82 Å². The van der Waals surface area contributed by atoms with Crippen LogP contribution in [0.25, 0.3) is 0 Å². The largest absolute Gasteiger partial charge is 0.508 e. The molecule has 1 aromatic rings. The Bertz CT molecular complexity index is 482. The lowest BCUT2D eigenvalue weighted by Gasteiger charge is -2.22. The second kappa shape index (κ2) is 5.48. The van der Waals surface area contributed by atoms with Crippen molar-refractivity contribution in [2.24, 2.45) is 0 Å². The highest BCUT2D eigenvalue weighted by Gasteiger charge is 2.21. The lowest BCUT2D eigenvalue weighted by atomic mass is 10.1. The van der Waals surface area contributed by atoms with E-state index in [2.05, 4.69) is 5.32 Å². The van der Waals surface area contributed by atoms with Crippen molar-refractivity contribution < 1.29 is 18.5 Å². The molecule has 0 atom stereocenters. The highest BCUT2D eigenvalue weighted by Crippen LogP contribution is 2.16. The summed E-state index contributed by atoms with van der Waals surface area (Å²) in [6, 6.07) is 3.38. The van der Waals surface area contributed by atoms with E-state index < -0.39 is 22.5 Å². The first-order chi connectivity index (χ1) is 8.56. The zero-order valence-electron chi connectivity index (χ0n) is 9.69. The van der Waals surface area contributed by atoms with Gasteiger partial charge in [0.05, 0.1) is 5.56 Å². The summed E-state index contributed by atoms with van der Waals surface area (Å²) in [6.07, 6.45) is 1.30. The molecule has 98 valence electrons. The third-order valence-electron chi connectivity index (χ3n) is 2.92.